The highest BCUT2D eigenvalue weighted by molar-refractivity contribution is 5.82. The van der Waals surface area contributed by atoms with Gasteiger partial charge in [0.05, 0.1) is 0 Å². The summed E-state index contributed by atoms with van der Waals surface area (Å²) in [6, 6.07) is 0. The first-order valence-electron chi connectivity index (χ1n) is 5.30. The van der Waals surface area contributed by atoms with E-state index in [1.807, 2.05) is 0 Å². The molecule has 0 radical (unpaired) electrons. The molecule has 1 nitrogen and oxygen atoms in total. The highest BCUT2D eigenvalue weighted by atomic mass is 16.1. The van der Waals surface area contributed by atoms with E-state index in [2.05, 4.69) is 6.92 Å². The molecule has 12 heavy (non-hydrogen) atoms. The second-order valence-electron chi connectivity index (χ2n) is 4.66. The van der Waals surface area contributed by atoms with Crippen LogP contribution in [0.25, 0.3) is 0 Å². The van der Waals surface area contributed by atoms with E-state index in [1.165, 1.54) is 32.1 Å². The molecular weight excluding hydrogens is 148 g/mol. The van der Waals surface area contributed by atoms with Crippen molar-refractivity contribution in [1.29, 1.82) is 0 Å². The van der Waals surface area contributed by atoms with E-state index in [4.69, 9.17) is 0 Å². The summed E-state index contributed by atoms with van der Waals surface area (Å²) in [5.41, 5.74) is 0. The molecule has 2 saturated carbocycles. The van der Waals surface area contributed by atoms with Gasteiger partial charge in [0, 0.05) is 12.3 Å². The van der Waals surface area contributed by atoms with Gasteiger partial charge in [-0.1, -0.05) is 19.8 Å². The molecule has 0 unspecified atom stereocenters. The Balaban J connectivity index is 2.06. The lowest BCUT2D eigenvalue weighted by molar-refractivity contribution is -0.129. The van der Waals surface area contributed by atoms with Crippen LogP contribution >= 0.6 is 0 Å². The number of hydrogen-bond donors (Lipinski definition) is 0. The van der Waals surface area contributed by atoms with Gasteiger partial charge < -0.3 is 0 Å². The van der Waals surface area contributed by atoms with Crippen LogP contribution in [0.5, 0.6) is 0 Å². The lowest BCUT2D eigenvalue weighted by Crippen LogP contribution is -2.34. The molecular formula is C11H18O. The molecule has 1 heteroatoms. The van der Waals surface area contributed by atoms with E-state index < -0.39 is 0 Å². The summed E-state index contributed by atoms with van der Waals surface area (Å²) in [6.07, 6.45) is 7.34. The molecule has 2 aliphatic carbocycles. The van der Waals surface area contributed by atoms with Gasteiger partial charge in [0.1, 0.15) is 5.78 Å². The van der Waals surface area contributed by atoms with Gasteiger partial charge in [-0.05, 0) is 31.1 Å². The molecule has 0 amide bonds. The minimum Gasteiger partial charge on any atom is -0.299 e. The summed E-state index contributed by atoms with van der Waals surface area (Å²) in [7, 11) is 0. The van der Waals surface area contributed by atoms with Gasteiger partial charge in [0.2, 0.25) is 0 Å². The minimum absolute atomic E-state index is 0.468. The third-order valence-corrected chi connectivity index (χ3v) is 3.58. The highest BCUT2D eigenvalue weighted by Crippen LogP contribution is 2.40. The summed E-state index contributed by atoms with van der Waals surface area (Å²) in [5.74, 6) is 2.46. The quantitative estimate of drug-likeness (QED) is 0.541. The molecule has 0 aromatic rings. The monoisotopic (exact) mass is 166 g/mol. The number of carbonyl (C=O) groups is 1. The van der Waals surface area contributed by atoms with Gasteiger partial charge in [-0.2, -0.15) is 0 Å². The molecule has 0 aromatic heterocycles. The van der Waals surface area contributed by atoms with Crippen molar-refractivity contribution in [1.82, 2.24) is 0 Å². The molecule has 0 aliphatic heterocycles. The predicted octanol–water partition coefficient (Wildman–Crippen LogP) is 2.79. The molecule has 0 saturated heterocycles. The van der Waals surface area contributed by atoms with Crippen LogP contribution in [-0.4, -0.2) is 5.78 Å². The van der Waals surface area contributed by atoms with Crippen molar-refractivity contribution in [3.05, 3.63) is 0 Å². The van der Waals surface area contributed by atoms with Gasteiger partial charge in [0.25, 0.3) is 0 Å². The van der Waals surface area contributed by atoms with Gasteiger partial charge in [0.15, 0.2) is 0 Å². The maximum Gasteiger partial charge on any atom is 0.136 e. The lowest BCUT2D eigenvalue weighted by Gasteiger charge is -2.36. The lowest BCUT2D eigenvalue weighted by atomic mass is 9.67. The first-order chi connectivity index (χ1) is 5.77. The SMILES string of the molecule is C[C@@H]1CC(=O)[C@H]2CCCC[C@H]2C1. The fourth-order valence-electron chi connectivity index (χ4n) is 3.01. The van der Waals surface area contributed by atoms with Crippen LogP contribution in [0.2, 0.25) is 0 Å². The maximum absolute atomic E-state index is 11.6. The number of carbonyl (C=O) groups excluding carboxylic acids is 1. The Morgan fingerprint density at radius 2 is 2.00 bits per heavy atom. The zero-order valence-corrected chi connectivity index (χ0v) is 7.88. The van der Waals surface area contributed by atoms with Crippen molar-refractivity contribution in [2.24, 2.45) is 17.8 Å². The van der Waals surface area contributed by atoms with Crippen molar-refractivity contribution in [2.75, 3.05) is 0 Å². The van der Waals surface area contributed by atoms with Crippen molar-refractivity contribution < 1.29 is 4.79 Å². The Kier molecular flexibility index (Phi) is 2.20. The Labute approximate surface area is 74.5 Å². The van der Waals surface area contributed by atoms with E-state index in [9.17, 15) is 4.79 Å². The van der Waals surface area contributed by atoms with Crippen LogP contribution in [0.1, 0.15) is 45.4 Å². The smallest absolute Gasteiger partial charge is 0.136 e. The highest BCUT2D eigenvalue weighted by Gasteiger charge is 2.35. The number of hydrogen-bond acceptors (Lipinski definition) is 1. The third-order valence-electron chi connectivity index (χ3n) is 3.58. The van der Waals surface area contributed by atoms with Crippen LogP contribution in [0, 0.1) is 17.8 Å². The van der Waals surface area contributed by atoms with Crippen LogP contribution in [-0.2, 0) is 4.79 Å². The normalized spacial score (nSPS) is 42.4. The van der Waals surface area contributed by atoms with Crippen LogP contribution in [0.4, 0.5) is 0 Å². The summed E-state index contributed by atoms with van der Waals surface area (Å²) in [6.45, 7) is 2.22. The second kappa shape index (κ2) is 3.20. The zero-order valence-electron chi connectivity index (χ0n) is 7.88. The van der Waals surface area contributed by atoms with Crippen molar-refractivity contribution >= 4 is 5.78 Å². The molecule has 68 valence electrons. The molecule has 3 atom stereocenters. The molecule has 2 rings (SSSR count). The molecule has 0 N–H and O–H groups in total. The largest absolute Gasteiger partial charge is 0.299 e. The summed E-state index contributed by atoms with van der Waals surface area (Å²) < 4.78 is 0. The minimum atomic E-state index is 0.468. The Morgan fingerprint density at radius 1 is 1.25 bits per heavy atom. The van der Waals surface area contributed by atoms with E-state index in [0.29, 0.717) is 17.6 Å². The van der Waals surface area contributed by atoms with Crippen LogP contribution in [0.3, 0.4) is 0 Å². The van der Waals surface area contributed by atoms with Crippen molar-refractivity contribution in [2.45, 2.75) is 45.4 Å². The topological polar surface area (TPSA) is 17.1 Å². The molecule has 0 heterocycles. The Bertz CT molecular complexity index is 185. The summed E-state index contributed by atoms with van der Waals surface area (Å²) in [4.78, 5) is 11.6. The standard InChI is InChI=1S/C11H18O/c1-8-6-9-4-2-3-5-10(9)11(12)7-8/h8-10H,2-7H2,1H3/t8-,9-,10-/m0/s1. The van der Waals surface area contributed by atoms with E-state index in [-0.39, 0.29) is 0 Å². The fourth-order valence-corrected chi connectivity index (χ4v) is 3.01. The Morgan fingerprint density at radius 3 is 2.83 bits per heavy atom. The molecule has 2 aliphatic rings. The van der Waals surface area contributed by atoms with E-state index >= 15 is 0 Å². The number of ketones is 1. The second-order valence-corrected chi connectivity index (χ2v) is 4.66. The first-order valence-corrected chi connectivity index (χ1v) is 5.30. The van der Waals surface area contributed by atoms with E-state index in [0.717, 1.165) is 12.3 Å². The molecule has 0 aromatic carbocycles. The average Bonchev–Trinajstić information content (AvgIpc) is 2.04. The summed E-state index contributed by atoms with van der Waals surface area (Å²) >= 11 is 0. The average molecular weight is 166 g/mol. The number of fused-ring (bicyclic) bond motifs is 1. The number of rotatable bonds is 0. The number of Topliss-reactive ketones (excluding diaryl/α,β-unsaturated/α-hetero) is 1. The van der Waals surface area contributed by atoms with Crippen LogP contribution in [0.15, 0.2) is 0 Å². The Hall–Kier alpha value is -0.330. The van der Waals surface area contributed by atoms with Gasteiger partial charge >= 0.3 is 0 Å². The van der Waals surface area contributed by atoms with Crippen LogP contribution < -0.4 is 0 Å². The predicted molar refractivity (Wildman–Crippen MR) is 48.9 cm³/mol. The van der Waals surface area contributed by atoms with Gasteiger partial charge in [-0.3, -0.25) is 4.79 Å². The zero-order chi connectivity index (χ0) is 8.55. The van der Waals surface area contributed by atoms with Gasteiger partial charge in [-0.25, -0.2) is 0 Å². The third kappa shape index (κ3) is 1.41. The first kappa shape index (κ1) is 8.28. The van der Waals surface area contributed by atoms with Crippen molar-refractivity contribution in [3.63, 3.8) is 0 Å². The molecule has 0 bridgehead atoms. The fraction of sp³-hybridized carbons (Fsp3) is 0.909. The summed E-state index contributed by atoms with van der Waals surface area (Å²) in [5, 5.41) is 0. The molecule has 0 spiro atoms. The molecule has 2 fully saturated rings. The maximum atomic E-state index is 11.6. The van der Waals surface area contributed by atoms with E-state index in [1.54, 1.807) is 0 Å². The van der Waals surface area contributed by atoms with Crippen molar-refractivity contribution in [3.8, 4) is 0 Å². The van der Waals surface area contributed by atoms with Gasteiger partial charge in [-0.15, -0.1) is 0 Å².